The molecule has 0 aromatic rings. The lowest BCUT2D eigenvalue weighted by molar-refractivity contribution is -0.105. The van der Waals surface area contributed by atoms with Crippen LogP contribution in [0.25, 0.3) is 0 Å². The summed E-state index contributed by atoms with van der Waals surface area (Å²) in [6, 6.07) is 0. The molecule has 7 heavy (non-hydrogen) atoms. The molecule has 0 unspecified atom stereocenters. The van der Waals surface area contributed by atoms with Gasteiger partial charge in [0.05, 0.1) is 0 Å². The van der Waals surface area contributed by atoms with E-state index in [1.807, 2.05) is 0 Å². The Morgan fingerprint density at radius 1 is 1.71 bits per heavy atom. The molecule has 0 aliphatic carbocycles. The summed E-state index contributed by atoms with van der Waals surface area (Å²) < 4.78 is 0. The van der Waals surface area contributed by atoms with Crippen LogP contribution in [0.1, 0.15) is 0 Å². The van der Waals surface area contributed by atoms with Crippen LogP contribution >= 0.6 is 37.1 Å². The van der Waals surface area contributed by atoms with E-state index in [1.165, 1.54) is 0 Å². The first-order valence-corrected chi connectivity index (χ1v) is 2.73. The fourth-order valence-corrected chi connectivity index (χ4v) is 0.309. The smallest absolute Gasteiger partial charge is 0.227 e. The lowest BCUT2D eigenvalue weighted by Gasteiger charge is -1.78. The molecular formula is C3H2OS3. The van der Waals surface area contributed by atoms with Gasteiger partial charge in [0.1, 0.15) is 4.86 Å². The molecule has 4 heteroatoms. The molecule has 0 atom stereocenters. The third kappa shape index (κ3) is 2.85. The summed E-state index contributed by atoms with van der Waals surface area (Å²) in [4.78, 5) is 10.1. The van der Waals surface area contributed by atoms with Crippen molar-refractivity contribution < 1.29 is 4.79 Å². The van der Waals surface area contributed by atoms with Crippen molar-refractivity contribution in [1.82, 2.24) is 0 Å². The van der Waals surface area contributed by atoms with Gasteiger partial charge in [0, 0.05) is 5.37 Å². The molecule has 0 N–H and O–H groups in total. The van der Waals surface area contributed by atoms with Crippen molar-refractivity contribution in [1.29, 1.82) is 0 Å². The second-order valence-electron chi connectivity index (χ2n) is 0.787. The van der Waals surface area contributed by atoms with Crippen LogP contribution in [0.2, 0.25) is 0 Å². The van der Waals surface area contributed by atoms with Crippen LogP contribution in [-0.4, -0.2) is 15.3 Å². The van der Waals surface area contributed by atoms with Gasteiger partial charge < -0.3 is 0 Å². The number of thiol groups is 1. The van der Waals surface area contributed by atoms with Crippen LogP contribution in [0.3, 0.4) is 0 Å². The van der Waals surface area contributed by atoms with Crippen molar-refractivity contribution in [2.45, 2.75) is 0 Å². The highest BCUT2D eigenvalue weighted by Crippen LogP contribution is 1.81. The number of carbonyl (C=O) groups is 1. The highest BCUT2D eigenvalue weighted by Gasteiger charge is 1.95. The number of rotatable bonds is 2. The van der Waals surface area contributed by atoms with E-state index in [4.69, 9.17) is 0 Å². The molecule has 0 fully saturated rings. The van der Waals surface area contributed by atoms with E-state index < -0.39 is 5.12 Å². The standard InChI is InChI=1S/C3H2OS3/c4-3(7)2(6)1-5/h1H,(H,4,7). The molecule has 0 radical (unpaired) electrons. The Kier molecular flexibility index (Phi) is 3.33. The summed E-state index contributed by atoms with van der Waals surface area (Å²) in [5, 5.41) is 0.690. The van der Waals surface area contributed by atoms with Gasteiger partial charge in [-0.3, -0.25) is 4.79 Å². The molecule has 0 saturated carbocycles. The summed E-state index contributed by atoms with van der Waals surface area (Å²) >= 11 is 12.1. The molecule has 0 rings (SSSR count). The molecule has 0 saturated heterocycles. The van der Waals surface area contributed by atoms with Gasteiger partial charge in [0.15, 0.2) is 0 Å². The summed E-state index contributed by atoms with van der Waals surface area (Å²) in [5.41, 5.74) is 0. The molecular weight excluding hydrogens is 148 g/mol. The van der Waals surface area contributed by atoms with Gasteiger partial charge in [0.25, 0.3) is 0 Å². The van der Waals surface area contributed by atoms with Gasteiger partial charge >= 0.3 is 0 Å². The zero-order valence-electron chi connectivity index (χ0n) is 3.25. The van der Waals surface area contributed by atoms with Crippen molar-refractivity contribution in [2.75, 3.05) is 0 Å². The van der Waals surface area contributed by atoms with Crippen LogP contribution in [-0.2, 0) is 4.79 Å². The minimum atomic E-state index is -0.440. The Hall–Kier alpha value is 0.200. The van der Waals surface area contributed by atoms with E-state index in [1.54, 1.807) is 0 Å². The van der Waals surface area contributed by atoms with E-state index in [9.17, 15) is 4.79 Å². The third-order valence-electron chi connectivity index (χ3n) is 0.318. The average molecular weight is 150 g/mol. The Bertz CT molecular complexity index is 117. The van der Waals surface area contributed by atoms with Crippen molar-refractivity contribution in [3.63, 3.8) is 0 Å². The van der Waals surface area contributed by atoms with Crippen LogP contribution in [0.4, 0.5) is 0 Å². The largest absolute Gasteiger partial charge is 0.281 e. The first-order valence-electron chi connectivity index (χ1n) is 1.41. The van der Waals surface area contributed by atoms with Gasteiger partial charge in [-0.2, -0.15) is 0 Å². The predicted octanol–water partition coefficient (Wildman–Crippen LogP) is 0.812. The number of carbonyl (C=O) groups excluding carboxylic acids is 1. The van der Waals surface area contributed by atoms with Gasteiger partial charge in [-0.1, -0.05) is 37.1 Å². The van der Waals surface area contributed by atoms with Crippen LogP contribution in [0.15, 0.2) is 0 Å². The Labute approximate surface area is 57.5 Å². The van der Waals surface area contributed by atoms with Gasteiger partial charge in [0.2, 0.25) is 5.12 Å². The SMILES string of the molecule is O=C(S)C(=S)C=S. The second-order valence-corrected chi connectivity index (χ2v) is 1.87. The van der Waals surface area contributed by atoms with Crippen molar-refractivity contribution in [2.24, 2.45) is 0 Å². The second kappa shape index (κ2) is 3.23. The van der Waals surface area contributed by atoms with Crippen molar-refractivity contribution >= 4 is 52.4 Å². The van der Waals surface area contributed by atoms with Crippen molar-refractivity contribution in [3.05, 3.63) is 0 Å². The monoisotopic (exact) mass is 150 g/mol. The zero-order chi connectivity index (χ0) is 5.86. The predicted molar refractivity (Wildman–Crippen MR) is 40.2 cm³/mol. The normalized spacial score (nSPS) is 7.57. The van der Waals surface area contributed by atoms with E-state index in [2.05, 4.69) is 37.1 Å². The summed E-state index contributed by atoms with van der Waals surface area (Å²) in [6.45, 7) is 0. The fraction of sp³-hybridized carbons (Fsp3) is 0. The minimum absolute atomic E-state index is 0.0957. The number of thiocarbonyl (C=S) groups is 2. The molecule has 0 heterocycles. The van der Waals surface area contributed by atoms with Crippen molar-refractivity contribution in [3.8, 4) is 0 Å². The van der Waals surface area contributed by atoms with E-state index in [-0.39, 0.29) is 4.86 Å². The number of hydrogen-bond acceptors (Lipinski definition) is 3. The van der Waals surface area contributed by atoms with E-state index >= 15 is 0 Å². The Morgan fingerprint density at radius 3 is 2.14 bits per heavy atom. The van der Waals surface area contributed by atoms with Gasteiger partial charge in [-0.25, -0.2) is 0 Å². The third-order valence-corrected chi connectivity index (χ3v) is 1.40. The summed E-state index contributed by atoms with van der Waals surface area (Å²) in [5.74, 6) is 0. The fourth-order valence-electron chi connectivity index (χ4n) is 0.0504. The van der Waals surface area contributed by atoms with Gasteiger partial charge in [-0.15, -0.1) is 0 Å². The van der Waals surface area contributed by atoms with Gasteiger partial charge in [-0.05, 0) is 0 Å². The molecule has 1 nitrogen and oxygen atoms in total. The number of hydrogen-bond donors (Lipinski definition) is 1. The van der Waals surface area contributed by atoms with Crippen LogP contribution < -0.4 is 0 Å². The highest BCUT2D eigenvalue weighted by molar-refractivity contribution is 8.04. The molecule has 0 aliphatic rings. The Balaban J connectivity index is 3.81. The van der Waals surface area contributed by atoms with E-state index in [0.29, 0.717) is 0 Å². The first kappa shape index (κ1) is 7.20. The molecule has 0 spiro atoms. The summed E-state index contributed by atoms with van der Waals surface area (Å²) in [7, 11) is 0. The molecule has 0 aromatic carbocycles. The molecule has 0 amide bonds. The maximum absolute atomic E-state index is 10.00. The molecule has 38 valence electrons. The lowest BCUT2D eigenvalue weighted by Crippen LogP contribution is -2.02. The summed E-state index contributed by atoms with van der Waals surface area (Å²) in [6.07, 6.45) is 0. The minimum Gasteiger partial charge on any atom is -0.281 e. The highest BCUT2D eigenvalue weighted by atomic mass is 32.1. The Morgan fingerprint density at radius 2 is 2.14 bits per heavy atom. The average Bonchev–Trinajstić information content (AvgIpc) is 1.65. The maximum atomic E-state index is 10.00. The lowest BCUT2D eigenvalue weighted by atomic mass is 10.5. The first-order chi connectivity index (χ1) is 3.18. The quantitative estimate of drug-likeness (QED) is 0.464. The maximum Gasteiger partial charge on any atom is 0.227 e. The molecule has 0 bridgehead atoms. The molecule has 0 aliphatic heterocycles. The topological polar surface area (TPSA) is 17.1 Å². The van der Waals surface area contributed by atoms with Crippen LogP contribution in [0.5, 0.6) is 0 Å². The van der Waals surface area contributed by atoms with Crippen LogP contribution in [0, 0.1) is 0 Å². The van der Waals surface area contributed by atoms with E-state index in [0.717, 1.165) is 5.37 Å². The molecule has 0 aromatic heterocycles. The zero-order valence-corrected chi connectivity index (χ0v) is 5.78.